The lowest BCUT2D eigenvalue weighted by atomic mass is 9.97. The van der Waals surface area contributed by atoms with E-state index in [2.05, 4.69) is 16.8 Å². The van der Waals surface area contributed by atoms with Crippen molar-refractivity contribution in [2.24, 2.45) is 0 Å². The van der Waals surface area contributed by atoms with E-state index in [1.54, 1.807) is 12.1 Å². The lowest BCUT2D eigenvalue weighted by Gasteiger charge is -2.33. The third-order valence-electron chi connectivity index (χ3n) is 6.85. The van der Waals surface area contributed by atoms with Crippen molar-refractivity contribution in [1.82, 2.24) is 19.4 Å². The van der Waals surface area contributed by atoms with E-state index in [9.17, 15) is 18.0 Å². The van der Waals surface area contributed by atoms with Crippen molar-refractivity contribution in [2.75, 3.05) is 26.6 Å². The molecule has 0 saturated carbocycles. The Bertz CT molecular complexity index is 1490. The number of imidazole rings is 1. The van der Waals surface area contributed by atoms with Gasteiger partial charge >= 0.3 is 6.61 Å². The molecule has 0 N–H and O–H groups in total. The number of carbonyl (C=O) groups excluding carboxylic acids is 1. The first kappa shape index (κ1) is 18.8. The third kappa shape index (κ3) is 3.64. The van der Waals surface area contributed by atoms with Crippen LogP contribution in [-0.2, 0) is 0 Å². The summed E-state index contributed by atoms with van der Waals surface area (Å²) in [7, 11) is 0. The summed E-state index contributed by atoms with van der Waals surface area (Å²) in [5, 5.41) is 0. The lowest BCUT2D eigenvalue weighted by molar-refractivity contribution is -0.0507. The molecule has 1 aromatic heterocycles. The molecule has 180 valence electrons. The van der Waals surface area contributed by atoms with E-state index in [0.717, 1.165) is 4.90 Å². The summed E-state index contributed by atoms with van der Waals surface area (Å²) in [6.07, 6.45) is -0.0244. The number of alkyl halides is 3. The molecule has 0 unspecified atom stereocenters. The average molecular weight is 484 g/mol. The van der Waals surface area contributed by atoms with Crippen LogP contribution in [0.3, 0.4) is 0 Å². The van der Waals surface area contributed by atoms with Crippen LogP contribution < -0.4 is 4.74 Å². The van der Waals surface area contributed by atoms with Crippen LogP contribution in [-0.4, -0.2) is 64.7 Å². The van der Waals surface area contributed by atoms with Crippen molar-refractivity contribution >= 4 is 16.9 Å². The van der Waals surface area contributed by atoms with Crippen LogP contribution in [0.15, 0.2) is 36.4 Å². The van der Waals surface area contributed by atoms with Gasteiger partial charge in [-0.1, -0.05) is 17.9 Å². The molecule has 0 radical (unpaired) electrons. The maximum absolute atomic E-state index is 13.5. The van der Waals surface area contributed by atoms with E-state index in [4.69, 9.17) is 8.85 Å². The minimum absolute atomic E-state index is 0.0109. The zero-order valence-corrected chi connectivity index (χ0v) is 18.5. The van der Waals surface area contributed by atoms with E-state index in [0.29, 0.717) is 48.5 Å². The van der Waals surface area contributed by atoms with E-state index < -0.39 is 37.7 Å². The van der Waals surface area contributed by atoms with Gasteiger partial charge in [0.15, 0.2) is 0 Å². The molecule has 2 aromatic carbocycles. The van der Waals surface area contributed by atoms with Crippen molar-refractivity contribution in [3.63, 3.8) is 0 Å². The first-order chi connectivity index (χ1) is 18.1. The second-order valence-corrected chi connectivity index (χ2v) is 8.99. The number of benzene rings is 2. The highest BCUT2D eigenvalue weighted by atomic mass is 19.3. The molecule has 2 bridgehead atoms. The van der Waals surface area contributed by atoms with Crippen LogP contribution in [0.25, 0.3) is 11.0 Å². The number of hydrogen-bond donors (Lipinski definition) is 0. The number of ether oxygens (including phenoxy) is 1. The van der Waals surface area contributed by atoms with Crippen molar-refractivity contribution < 1.29 is 26.8 Å². The first-order valence-corrected chi connectivity index (χ1v) is 11.4. The quantitative estimate of drug-likeness (QED) is 0.524. The highest BCUT2D eigenvalue weighted by molar-refractivity contribution is 5.97. The molecule has 9 heteroatoms. The summed E-state index contributed by atoms with van der Waals surface area (Å²) >= 11 is 0. The smallest absolute Gasteiger partial charge is 0.387 e. The van der Waals surface area contributed by atoms with Crippen molar-refractivity contribution in [3.05, 3.63) is 58.9 Å². The SMILES string of the molecule is [2H]C([2H])([2H])N1C(=O)c2cccc(OC(F)F)c2[C@H]2C[C@@H]1c1nc3ccc(C#CCCN4CC(F)C4)cc3n12. The Kier molecular flexibility index (Phi) is 4.46. The van der Waals surface area contributed by atoms with E-state index in [-0.39, 0.29) is 23.3 Å². The van der Waals surface area contributed by atoms with Crippen LogP contribution in [0, 0.1) is 11.8 Å². The molecule has 1 fully saturated rings. The number of fused-ring (bicyclic) bond motifs is 9. The fourth-order valence-corrected chi connectivity index (χ4v) is 5.25. The molecule has 35 heavy (non-hydrogen) atoms. The second-order valence-electron chi connectivity index (χ2n) is 8.99. The Morgan fingerprint density at radius 1 is 1.26 bits per heavy atom. The fourth-order valence-electron chi connectivity index (χ4n) is 5.25. The highest BCUT2D eigenvalue weighted by Gasteiger charge is 2.45. The maximum Gasteiger partial charge on any atom is 0.387 e. The molecule has 3 aliphatic rings. The molecule has 3 aliphatic heterocycles. The third-order valence-corrected chi connectivity index (χ3v) is 6.85. The van der Waals surface area contributed by atoms with Crippen molar-refractivity contribution in [1.29, 1.82) is 0 Å². The topological polar surface area (TPSA) is 50.6 Å². The Morgan fingerprint density at radius 3 is 2.89 bits per heavy atom. The van der Waals surface area contributed by atoms with Crippen LogP contribution in [0.2, 0.25) is 0 Å². The summed E-state index contributed by atoms with van der Waals surface area (Å²) in [5.74, 6) is 5.63. The number of halogens is 3. The van der Waals surface area contributed by atoms with Gasteiger partial charge in [0, 0.05) is 60.3 Å². The van der Waals surface area contributed by atoms with Crippen LogP contribution in [0.5, 0.6) is 5.75 Å². The molecule has 0 aliphatic carbocycles. The van der Waals surface area contributed by atoms with Gasteiger partial charge in [0.1, 0.15) is 17.7 Å². The molecule has 2 atom stereocenters. The summed E-state index contributed by atoms with van der Waals surface area (Å²) < 4.78 is 70.5. The minimum atomic E-state index is -3.12. The number of nitrogens with zero attached hydrogens (tertiary/aromatic N) is 4. The fraction of sp³-hybridized carbons (Fsp3) is 0.385. The predicted octanol–water partition coefficient (Wildman–Crippen LogP) is 4.15. The van der Waals surface area contributed by atoms with Gasteiger partial charge < -0.3 is 14.2 Å². The van der Waals surface area contributed by atoms with Gasteiger partial charge in [-0.2, -0.15) is 8.78 Å². The van der Waals surface area contributed by atoms with Crippen LogP contribution in [0.1, 0.15) is 56.3 Å². The maximum atomic E-state index is 13.5. The molecule has 1 amide bonds. The van der Waals surface area contributed by atoms with Gasteiger partial charge in [0.05, 0.1) is 23.1 Å². The van der Waals surface area contributed by atoms with Crippen molar-refractivity contribution in [2.45, 2.75) is 37.7 Å². The Morgan fingerprint density at radius 2 is 2.11 bits per heavy atom. The van der Waals surface area contributed by atoms with Gasteiger partial charge in [-0.3, -0.25) is 9.69 Å². The molecular weight excluding hydrogens is 457 g/mol. The zero-order chi connectivity index (χ0) is 26.8. The van der Waals surface area contributed by atoms with E-state index in [1.165, 1.54) is 18.2 Å². The number of hydrogen-bond acceptors (Lipinski definition) is 4. The van der Waals surface area contributed by atoms with Crippen LogP contribution in [0.4, 0.5) is 13.2 Å². The molecular formula is C26H23F3N4O2. The molecule has 3 aromatic rings. The minimum Gasteiger partial charge on any atom is -0.434 e. The van der Waals surface area contributed by atoms with Crippen molar-refractivity contribution in [3.8, 4) is 17.6 Å². The second kappa shape index (κ2) is 8.31. The number of carbonyl (C=O) groups is 1. The summed E-state index contributed by atoms with van der Waals surface area (Å²) in [6, 6.07) is 8.06. The summed E-state index contributed by atoms with van der Waals surface area (Å²) in [5.41, 5.74) is 2.15. The monoisotopic (exact) mass is 483 g/mol. The Labute approximate surface area is 204 Å². The average Bonchev–Trinajstić information content (AvgIpc) is 3.32. The predicted molar refractivity (Wildman–Crippen MR) is 123 cm³/mol. The standard InChI is InChI=1S/C26H23F3N4O2/c1-31-21-12-20(23-17(25(31)34)6-4-7-22(23)35-26(28)29)33-19-11-15(8-9-18(19)30-24(21)33)5-2-3-10-32-13-16(27)14-32/h4,6-9,11,16,20-21,26H,3,10,12-14H2,1H3/t20-,21-/m1/s1/i1D3. The highest BCUT2D eigenvalue weighted by Crippen LogP contribution is 2.49. The van der Waals surface area contributed by atoms with Crippen LogP contribution >= 0.6 is 0 Å². The van der Waals surface area contributed by atoms with Gasteiger partial charge in [-0.15, -0.1) is 0 Å². The molecule has 6 rings (SSSR count). The number of aromatic nitrogens is 2. The van der Waals surface area contributed by atoms with Gasteiger partial charge in [0.25, 0.3) is 5.91 Å². The Hall–Kier alpha value is -3.51. The molecule has 4 heterocycles. The number of likely N-dealkylation sites (tertiary alicyclic amines) is 1. The van der Waals surface area contributed by atoms with Gasteiger partial charge in [-0.25, -0.2) is 9.37 Å². The lowest BCUT2D eigenvalue weighted by Crippen LogP contribution is -2.48. The molecule has 6 nitrogen and oxygen atoms in total. The summed E-state index contributed by atoms with van der Waals surface area (Å²) in [6.45, 7) is -4.34. The first-order valence-electron chi connectivity index (χ1n) is 12.9. The Balaban J connectivity index is 1.45. The molecule has 0 spiro atoms. The number of amides is 1. The normalized spacial score (nSPS) is 23.0. The van der Waals surface area contributed by atoms with E-state index >= 15 is 0 Å². The van der Waals surface area contributed by atoms with Gasteiger partial charge in [-0.05, 0) is 30.3 Å². The molecule has 1 saturated heterocycles. The summed E-state index contributed by atoms with van der Waals surface area (Å²) in [4.78, 5) is 20.9. The van der Waals surface area contributed by atoms with E-state index in [1.807, 2.05) is 15.5 Å². The largest absolute Gasteiger partial charge is 0.434 e. The van der Waals surface area contributed by atoms with Gasteiger partial charge in [0.2, 0.25) is 0 Å². The number of rotatable bonds is 4. The zero-order valence-electron chi connectivity index (χ0n) is 21.5.